The van der Waals surface area contributed by atoms with Gasteiger partial charge in [-0.15, -0.1) is 6.42 Å². The minimum absolute atomic E-state index is 0.220. The molecule has 0 bridgehead atoms. The Balaban J connectivity index is 2.58. The lowest BCUT2D eigenvalue weighted by molar-refractivity contribution is 0.362. The lowest BCUT2D eigenvalue weighted by atomic mass is 10.1. The summed E-state index contributed by atoms with van der Waals surface area (Å²) >= 11 is 0. The largest absolute Gasteiger partial charge is 0.481 e. The molecule has 0 spiro atoms. The highest BCUT2D eigenvalue weighted by Gasteiger charge is 2.21. The Hall–Kier alpha value is -1.55. The van der Waals surface area contributed by atoms with E-state index in [1.807, 2.05) is 38.1 Å². The molecule has 5 nitrogen and oxygen atoms in total. The molecule has 2 N–H and O–H groups in total. The molecule has 0 heterocycles. The quantitative estimate of drug-likeness (QED) is 0.706. The van der Waals surface area contributed by atoms with E-state index in [9.17, 15) is 8.42 Å². The maximum absolute atomic E-state index is 11.3. The zero-order valence-corrected chi connectivity index (χ0v) is 13.5. The molecule has 1 rings (SSSR count). The minimum atomic E-state index is -3.23. The first-order valence-corrected chi connectivity index (χ1v) is 8.46. The number of ether oxygens (including phenoxy) is 1. The topological polar surface area (TPSA) is 67.4 Å². The maximum Gasteiger partial charge on any atom is 0.209 e. The average Bonchev–Trinajstić information content (AvgIpc) is 2.34. The van der Waals surface area contributed by atoms with E-state index in [0.29, 0.717) is 13.1 Å². The van der Waals surface area contributed by atoms with Crippen molar-refractivity contribution in [3.05, 3.63) is 29.8 Å². The Labute approximate surface area is 127 Å². The highest BCUT2D eigenvalue weighted by molar-refractivity contribution is 7.88. The number of benzene rings is 1. The van der Waals surface area contributed by atoms with Gasteiger partial charge in [-0.2, -0.15) is 0 Å². The Morgan fingerprint density at radius 1 is 1.33 bits per heavy atom. The van der Waals surface area contributed by atoms with Crippen LogP contribution in [0.4, 0.5) is 0 Å². The predicted octanol–water partition coefficient (Wildman–Crippen LogP) is 1.12. The monoisotopic (exact) mass is 310 g/mol. The Kier molecular flexibility index (Phi) is 6.21. The van der Waals surface area contributed by atoms with E-state index in [1.54, 1.807) is 0 Å². The normalized spacial score (nSPS) is 11.9. The summed E-state index contributed by atoms with van der Waals surface area (Å²) in [5.74, 6) is 3.16. The second kappa shape index (κ2) is 7.46. The number of hydrogen-bond donors (Lipinski definition) is 2. The van der Waals surface area contributed by atoms with Gasteiger partial charge in [-0.25, -0.2) is 13.1 Å². The van der Waals surface area contributed by atoms with Gasteiger partial charge in [0.05, 0.1) is 6.26 Å². The molecule has 0 saturated heterocycles. The van der Waals surface area contributed by atoms with Crippen molar-refractivity contribution in [2.45, 2.75) is 25.9 Å². The molecule has 0 aliphatic rings. The van der Waals surface area contributed by atoms with Crippen LogP contribution in [0.2, 0.25) is 0 Å². The molecule has 0 atom stereocenters. The van der Waals surface area contributed by atoms with Gasteiger partial charge >= 0.3 is 0 Å². The third-order valence-corrected chi connectivity index (χ3v) is 3.55. The number of para-hydroxylation sites is 1. The van der Waals surface area contributed by atoms with Gasteiger partial charge < -0.3 is 10.1 Å². The molecule has 0 amide bonds. The summed E-state index contributed by atoms with van der Waals surface area (Å²) in [5.41, 5.74) is 0.408. The Morgan fingerprint density at radius 3 is 2.62 bits per heavy atom. The lowest BCUT2D eigenvalue weighted by Gasteiger charge is -2.25. The van der Waals surface area contributed by atoms with E-state index in [4.69, 9.17) is 11.2 Å². The summed E-state index contributed by atoms with van der Waals surface area (Å²) in [4.78, 5) is 0. The molecule has 0 aromatic heterocycles. The highest BCUT2D eigenvalue weighted by atomic mass is 32.2. The van der Waals surface area contributed by atoms with Crippen molar-refractivity contribution in [1.82, 2.24) is 10.0 Å². The molecular weight excluding hydrogens is 288 g/mol. The molecule has 0 unspecified atom stereocenters. The molecule has 0 fully saturated rings. The van der Waals surface area contributed by atoms with Crippen LogP contribution in [0.25, 0.3) is 0 Å². The summed E-state index contributed by atoms with van der Waals surface area (Å²) in [6.07, 6.45) is 6.34. The van der Waals surface area contributed by atoms with Crippen LogP contribution < -0.4 is 14.8 Å². The van der Waals surface area contributed by atoms with E-state index in [2.05, 4.69) is 16.0 Å². The molecule has 1 aromatic rings. The number of nitrogens with one attached hydrogen (secondary N) is 2. The van der Waals surface area contributed by atoms with Crippen LogP contribution in [0.3, 0.4) is 0 Å². The standard InChI is InChI=1S/C15H22N2O3S/c1-5-10-20-14-9-7-6-8-13(14)11-16-12-15(2,3)17-21(4,18)19/h1,6-9,16-17H,10-12H2,2-4H3. The van der Waals surface area contributed by atoms with Crippen molar-refractivity contribution in [2.24, 2.45) is 0 Å². The second-order valence-corrected chi connectivity index (χ2v) is 7.21. The minimum Gasteiger partial charge on any atom is -0.481 e. The van der Waals surface area contributed by atoms with Crippen molar-refractivity contribution in [3.63, 3.8) is 0 Å². The molecule has 116 valence electrons. The first-order chi connectivity index (χ1) is 9.73. The van der Waals surface area contributed by atoms with Crippen LogP contribution in [0, 0.1) is 12.3 Å². The smallest absolute Gasteiger partial charge is 0.209 e. The molecular formula is C15H22N2O3S. The predicted molar refractivity (Wildman–Crippen MR) is 84.5 cm³/mol. The van der Waals surface area contributed by atoms with E-state index in [-0.39, 0.29) is 6.61 Å². The van der Waals surface area contributed by atoms with Crippen LogP contribution in [0.5, 0.6) is 5.75 Å². The van der Waals surface area contributed by atoms with Crippen molar-refractivity contribution in [3.8, 4) is 18.1 Å². The van der Waals surface area contributed by atoms with Crippen molar-refractivity contribution in [1.29, 1.82) is 0 Å². The number of rotatable bonds is 8. The van der Waals surface area contributed by atoms with Crippen molar-refractivity contribution < 1.29 is 13.2 Å². The average molecular weight is 310 g/mol. The zero-order chi connectivity index (χ0) is 15.9. The van der Waals surface area contributed by atoms with Gasteiger partial charge in [-0.3, -0.25) is 0 Å². The third-order valence-electron chi connectivity index (χ3n) is 2.63. The van der Waals surface area contributed by atoms with E-state index >= 15 is 0 Å². The first kappa shape index (κ1) is 17.5. The summed E-state index contributed by atoms with van der Waals surface area (Å²) in [6, 6.07) is 7.59. The van der Waals surface area contributed by atoms with Gasteiger partial charge in [-0.05, 0) is 19.9 Å². The van der Waals surface area contributed by atoms with E-state index in [1.165, 1.54) is 0 Å². The van der Waals surface area contributed by atoms with E-state index in [0.717, 1.165) is 17.6 Å². The SMILES string of the molecule is C#CCOc1ccccc1CNCC(C)(C)NS(C)(=O)=O. The van der Waals surface area contributed by atoms with Gasteiger partial charge in [0.25, 0.3) is 0 Å². The highest BCUT2D eigenvalue weighted by Crippen LogP contribution is 2.17. The van der Waals surface area contributed by atoms with Gasteiger partial charge in [0.2, 0.25) is 10.0 Å². The molecule has 21 heavy (non-hydrogen) atoms. The molecule has 1 aromatic carbocycles. The van der Waals surface area contributed by atoms with Gasteiger partial charge in [0, 0.05) is 24.2 Å². The Bertz CT molecular complexity index is 604. The van der Waals surface area contributed by atoms with Gasteiger partial charge in [0.15, 0.2) is 0 Å². The summed E-state index contributed by atoms with van der Waals surface area (Å²) in [7, 11) is -3.23. The van der Waals surface area contributed by atoms with E-state index < -0.39 is 15.6 Å². The summed E-state index contributed by atoms with van der Waals surface area (Å²) in [6.45, 7) is 4.92. The van der Waals surface area contributed by atoms with Gasteiger partial charge in [0.1, 0.15) is 12.4 Å². The van der Waals surface area contributed by atoms with Crippen LogP contribution >= 0.6 is 0 Å². The second-order valence-electron chi connectivity index (χ2n) is 5.46. The molecule has 0 aliphatic carbocycles. The number of terminal acetylenes is 1. The van der Waals surface area contributed by atoms with Crippen LogP contribution in [-0.2, 0) is 16.6 Å². The lowest BCUT2D eigenvalue weighted by Crippen LogP contribution is -2.49. The fraction of sp³-hybridized carbons (Fsp3) is 0.467. The number of hydrogen-bond acceptors (Lipinski definition) is 4. The maximum atomic E-state index is 11.3. The summed E-state index contributed by atoms with van der Waals surface area (Å²) in [5, 5.41) is 3.22. The first-order valence-electron chi connectivity index (χ1n) is 6.57. The Morgan fingerprint density at radius 2 is 2.00 bits per heavy atom. The van der Waals surface area contributed by atoms with Crippen LogP contribution in [-0.4, -0.2) is 33.4 Å². The van der Waals surface area contributed by atoms with Gasteiger partial charge in [-0.1, -0.05) is 24.1 Å². The molecule has 0 aliphatic heterocycles. The van der Waals surface area contributed by atoms with Crippen molar-refractivity contribution in [2.75, 3.05) is 19.4 Å². The molecule has 0 radical (unpaired) electrons. The number of sulfonamides is 1. The molecule has 6 heteroatoms. The fourth-order valence-electron chi connectivity index (χ4n) is 1.96. The van der Waals surface area contributed by atoms with Crippen molar-refractivity contribution >= 4 is 10.0 Å². The summed E-state index contributed by atoms with van der Waals surface area (Å²) < 4.78 is 30.6. The fourth-order valence-corrected chi connectivity index (χ4v) is 3.03. The third kappa shape index (κ3) is 7.14. The van der Waals surface area contributed by atoms with Crippen LogP contribution in [0.15, 0.2) is 24.3 Å². The zero-order valence-electron chi connectivity index (χ0n) is 12.6. The molecule has 0 saturated carbocycles. The van der Waals surface area contributed by atoms with Crippen LogP contribution in [0.1, 0.15) is 19.4 Å².